The molecule has 0 amide bonds. The van der Waals surface area contributed by atoms with E-state index < -0.39 is 0 Å². The van der Waals surface area contributed by atoms with Crippen LogP contribution >= 0.6 is 11.6 Å². The topological polar surface area (TPSA) is 38.9 Å². The fourth-order valence-electron chi connectivity index (χ4n) is 0.816. The van der Waals surface area contributed by atoms with Crippen LogP contribution in [0, 0.1) is 0 Å². The van der Waals surface area contributed by atoms with Gasteiger partial charge in [-0.2, -0.15) is 0 Å². The Kier molecular flexibility index (Phi) is 2.85. The number of rotatable bonds is 2. The Morgan fingerprint density at radius 1 is 1.64 bits per heavy atom. The molecule has 0 aromatic carbocycles. The summed E-state index contributed by atoms with van der Waals surface area (Å²) >= 11 is 5.66. The van der Waals surface area contributed by atoms with Crippen LogP contribution in [0.1, 0.15) is 25.1 Å². The van der Waals surface area contributed by atoms with Crippen LogP contribution in [-0.2, 0) is 0 Å². The Bertz CT molecular complexity index is 220. The third-order valence-electron chi connectivity index (χ3n) is 1.57. The van der Waals surface area contributed by atoms with Gasteiger partial charge in [-0.05, 0) is 18.6 Å². The maximum atomic E-state index is 5.74. The molecule has 2 nitrogen and oxygen atoms in total. The van der Waals surface area contributed by atoms with Crippen molar-refractivity contribution in [2.75, 3.05) is 0 Å². The van der Waals surface area contributed by atoms with E-state index in [1.807, 2.05) is 13.0 Å². The fraction of sp³-hybridized carbons (Fsp3) is 0.375. The van der Waals surface area contributed by atoms with Crippen molar-refractivity contribution in [1.29, 1.82) is 0 Å². The molecule has 0 fully saturated rings. The van der Waals surface area contributed by atoms with Gasteiger partial charge < -0.3 is 5.73 Å². The van der Waals surface area contributed by atoms with Gasteiger partial charge in [0.1, 0.15) is 0 Å². The molecule has 11 heavy (non-hydrogen) atoms. The molecule has 1 unspecified atom stereocenters. The highest BCUT2D eigenvalue weighted by Gasteiger charge is 2.02. The Morgan fingerprint density at radius 2 is 2.36 bits per heavy atom. The quantitative estimate of drug-likeness (QED) is 0.739. The summed E-state index contributed by atoms with van der Waals surface area (Å²) in [5.41, 5.74) is 6.64. The normalized spacial score (nSPS) is 13.0. The van der Waals surface area contributed by atoms with E-state index in [4.69, 9.17) is 17.3 Å². The van der Waals surface area contributed by atoms with E-state index in [1.165, 1.54) is 0 Å². The Balaban J connectivity index is 2.81. The molecule has 1 heterocycles. The molecule has 0 radical (unpaired) electrons. The van der Waals surface area contributed by atoms with E-state index in [2.05, 4.69) is 4.98 Å². The Labute approximate surface area is 71.4 Å². The van der Waals surface area contributed by atoms with Crippen molar-refractivity contribution < 1.29 is 0 Å². The lowest BCUT2D eigenvalue weighted by molar-refractivity contribution is 0.675. The second kappa shape index (κ2) is 3.69. The summed E-state index contributed by atoms with van der Waals surface area (Å²) in [4.78, 5) is 4.09. The van der Waals surface area contributed by atoms with Crippen LogP contribution in [0.4, 0.5) is 0 Å². The second-order valence-electron chi connectivity index (χ2n) is 2.42. The fourth-order valence-corrected chi connectivity index (χ4v) is 0.928. The highest BCUT2D eigenvalue weighted by Crippen LogP contribution is 2.12. The SMILES string of the molecule is CCC(N)c1ccc(Cl)cn1. The maximum absolute atomic E-state index is 5.74. The molecule has 2 N–H and O–H groups in total. The molecule has 0 aliphatic carbocycles. The summed E-state index contributed by atoms with van der Waals surface area (Å²) in [5, 5.41) is 0.650. The molecule has 0 aliphatic heterocycles. The van der Waals surface area contributed by atoms with Crippen LogP contribution < -0.4 is 5.73 Å². The summed E-state index contributed by atoms with van der Waals surface area (Å²) in [5.74, 6) is 0. The first-order valence-corrected chi connectivity index (χ1v) is 3.99. The van der Waals surface area contributed by atoms with Gasteiger partial charge in [0.25, 0.3) is 0 Å². The molecule has 0 aliphatic rings. The van der Waals surface area contributed by atoms with Crippen molar-refractivity contribution >= 4 is 11.6 Å². The molecule has 0 saturated heterocycles. The largest absolute Gasteiger partial charge is 0.323 e. The van der Waals surface area contributed by atoms with Gasteiger partial charge in [-0.3, -0.25) is 4.98 Å². The summed E-state index contributed by atoms with van der Waals surface area (Å²) in [6.45, 7) is 2.03. The number of nitrogens with two attached hydrogens (primary N) is 1. The lowest BCUT2D eigenvalue weighted by atomic mass is 10.1. The van der Waals surface area contributed by atoms with Crippen molar-refractivity contribution in [2.45, 2.75) is 19.4 Å². The number of halogens is 1. The third-order valence-corrected chi connectivity index (χ3v) is 1.79. The van der Waals surface area contributed by atoms with E-state index in [0.29, 0.717) is 5.02 Å². The molecule has 1 atom stereocenters. The molecule has 3 heteroatoms. The summed E-state index contributed by atoms with van der Waals surface area (Å²) < 4.78 is 0. The predicted molar refractivity (Wildman–Crippen MR) is 46.5 cm³/mol. The molecule has 1 aromatic heterocycles. The van der Waals surface area contributed by atoms with Crippen molar-refractivity contribution in [2.24, 2.45) is 5.73 Å². The van der Waals surface area contributed by atoms with Crippen LogP contribution in [0.25, 0.3) is 0 Å². The van der Waals surface area contributed by atoms with E-state index >= 15 is 0 Å². The van der Waals surface area contributed by atoms with Gasteiger partial charge in [-0.25, -0.2) is 0 Å². The van der Waals surface area contributed by atoms with Crippen LogP contribution in [0.15, 0.2) is 18.3 Å². The average Bonchev–Trinajstić information content (AvgIpc) is 2.05. The first kappa shape index (κ1) is 8.50. The highest BCUT2D eigenvalue weighted by atomic mass is 35.5. The van der Waals surface area contributed by atoms with Crippen molar-refractivity contribution in [3.63, 3.8) is 0 Å². The first-order chi connectivity index (χ1) is 5.24. The highest BCUT2D eigenvalue weighted by molar-refractivity contribution is 6.30. The molecular weight excluding hydrogens is 160 g/mol. The van der Waals surface area contributed by atoms with Gasteiger partial charge in [0.05, 0.1) is 10.7 Å². The number of pyridine rings is 1. The van der Waals surface area contributed by atoms with Crippen LogP contribution in [0.5, 0.6) is 0 Å². The minimum atomic E-state index is 0.0345. The van der Waals surface area contributed by atoms with E-state index in [0.717, 1.165) is 12.1 Å². The first-order valence-electron chi connectivity index (χ1n) is 3.61. The van der Waals surface area contributed by atoms with Gasteiger partial charge in [0.15, 0.2) is 0 Å². The zero-order valence-corrected chi connectivity index (χ0v) is 7.17. The lowest BCUT2D eigenvalue weighted by Gasteiger charge is -2.06. The summed E-state index contributed by atoms with van der Waals surface area (Å²) in [6, 6.07) is 3.70. The molecule has 1 aromatic rings. The predicted octanol–water partition coefficient (Wildman–Crippen LogP) is 2.14. The third kappa shape index (κ3) is 2.17. The molecule has 0 bridgehead atoms. The minimum Gasteiger partial charge on any atom is -0.323 e. The van der Waals surface area contributed by atoms with E-state index in [-0.39, 0.29) is 6.04 Å². The van der Waals surface area contributed by atoms with Gasteiger partial charge >= 0.3 is 0 Å². The molecule has 0 saturated carbocycles. The number of nitrogens with zero attached hydrogens (tertiary/aromatic N) is 1. The van der Waals surface area contributed by atoms with Crippen LogP contribution in [0.2, 0.25) is 5.02 Å². The van der Waals surface area contributed by atoms with Crippen molar-refractivity contribution in [3.8, 4) is 0 Å². The van der Waals surface area contributed by atoms with Crippen molar-refractivity contribution in [3.05, 3.63) is 29.0 Å². The molecule has 60 valence electrons. The minimum absolute atomic E-state index is 0.0345. The zero-order chi connectivity index (χ0) is 8.27. The standard InChI is InChI=1S/C8H11ClN2/c1-2-7(10)8-4-3-6(9)5-11-8/h3-5,7H,2,10H2,1H3. The molecule has 1 rings (SSSR count). The number of hydrogen-bond acceptors (Lipinski definition) is 2. The Morgan fingerprint density at radius 3 is 2.82 bits per heavy atom. The van der Waals surface area contributed by atoms with Gasteiger partial charge in [0.2, 0.25) is 0 Å². The second-order valence-corrected chi connectivity index (χ2v) is 2.85. The number of aromatic nitrogens is 1. The summed E-state index contributed by atoms with van der Waals surface area (Å²) in [6.07, 6.45) is 2.51. The van der Waals surface area contributed by atoms with E-state index in [1.54, 1.807) is 12.3 Å². The van der Waals surface area contributed by atoms with Gasteiger partial charge in [0, 0.05) is 12.2 Å². The monoisotopic (exact) mass is 170 g/mol. The maximum Gasteiger partial charge on any atom is 0.0589 e. The smallest absolute Gasteiger partial charge is 0.0589 e. The number of hydrogen-bond donors (Lipinski definition) is 1. The average molecular weight is 171 g/mol. The lowest BCUT2D eigenvalue weighted by Crippen LogP contribution is -2.09. The Hall–Kier alpha value is -0.600. The zero-order valence-electron chi connectivity index (χ0n) is 6.42. The molecule has 0 spiro atoms. The van der Waals surface area contributed by atoms with Gasteiger partial charge in [-0.1, -0.05) is 18.5 Å². The van der Waals surface area contributed by atoms with Crippen LogP contribution in [0.3, 0.4) is 0 Å². The molecular formula is C8H11ClN2. The van der Waals surface area contributed by atoms with E-state index in [9.17, 15) is 0 Å². The van der Waals surface area contributed by atoms with Crippen molar-refractivity contribution in [1.82, 2.24) is 4.98 Å². The van der Waals surface area contributed by atoms with Crippen LogP contribution in [-0.4, -0.2) is 4.98 Å². The summed E-state index contributed by atoms with van der Waals surface area (Å²) in [7, 11) is 0. The van der Waals surface area contributed by atoms with Gasteiger partial charge in [-0.15, -0.1) is 0 Å².